The predicted molar refractivity (Wildman–Crippen MR) is 268 cm³/mol. The van der Waals surface area contributed by atoms with Gasteiger partial charge in [-0.3, -0.25) is 0 Å². The first-order valence-corrected chi connectivity index (χ1v) is 23.2. The van der Waals surface area contributed by atoms with Gasteiger partial charge in [-0.1, -0.05) is 183 Å². The van der Waals surface area contributed by atoms with Gasteiger partial charge in [0.2, 0.25) is 0 Å². The molecule has 3 heterocycles. The van der Waals surface area contributed by atoms with Crippen molar-refractivity contribution in [1.82, 2.24) is 0 Å². The third kappa shape index (κ3) is 5.83. The Bertz CT molecular complexity index is 3010. The quantitative estimate of drug-likeness (QED) is 0.165. The van der Waals surface area contributed by atoms with Crippen LogP contribution in [0.2, 0.25) is 0 Å². The average molecular weight is 819 g/mol. The largest absolute Gasteiger partial charge is 0.333 e. The van der Waals surface area contributed by atoms with Crippen molar-refractivity contribution in [3.05, 3.63) is 209 Å². The van der Waals surface area contributed by atoms with Crippen molar-refractivity contribution in [3.8, 4) is 33.4 Å². The topological polar surface area (TPSA) is 6.48 Å². The normalized spacial score (nSPS) is 19.1. The minimum Gasteiger partial charge on any atom is -0.333 e. The highest BCUT2D eigenvalue weighted by molar-refractivity contribution is 5.91. The number of fused-ring (bicyclic) bond motifs is 6. The molecule has 11 rings (SSSR count). The Hall–Kier alpha value is -6.38. The standard InChI is InChI=1S/C61H58N2/c1-9-39-19-11-15-23-53(39)62-54-24-16-12-20-47(54)59(3,4)50-36-45(35-40(10-2)57(50)62)43-31-27-41(28-32-43)42-29-33-44(34-30-42)46-37-51-58-52(38-46)61(7,8)49-22-14-18-26-56(49)63(58)55-25-17-13-21-48(55)60(51,5)6/h11-38,48,55H,9-10H2,1-8H3. The molecule has 0 saturated heterocycles. The smallest absolute Gasteiger partial charge is 0.0596 e. The number of para-hydroxylation sites is 3. The zero-order valence-electron chi connectivity index (χ0n) is 38.1. The second-order valence-corrected chi connectivity index (χ2v) is 19.9. The second kappa shape index (κ2) is 14.3. The summed E-state index contributed by atoms with van der Waals surface area (Å²) in [6.07, 6.45) is 11.3. The Balaban J connectivity index is 0.952. The van der Waals surface area contributed by atoms with E-state index >= 15 is 0 Å². The Kier molecular flexibility index (Phi) is 8.97. The summed E-state index contributed by atoms with van der Waals surface area (Å²) in [7, 11) is 0. The molecule has 3 aliphatic heterocycles. The lowest BCUT2D eigenvalue weighted by molar-refractivity contribution is 0.328. The first-order valence-electron chi connectivity index (χ1n) is 23.2. The van der Waals surface area contributed by atoms with Crippen LogP contribution < -0.4 is 9.80 Å². The Morgan fingerprint density at radius 2 is 0.873 bits per heavy atom. The van der Waals surface area contributed by atoms with E-state index in [2.05, 4.69) is 235 Å². The summed E-state index contributed by atoms with van der Waals surface area (Å²) < 4.78 is 0. The summed E-state index contributed by atoms with van der Waals surface area (Å²) >= 11 is 0. The van der Waals surface area contributed by atoms with E-state index < -0.39 is 0 Å². The number of aryl methyl sites for hydroxylation is 2. The maximum Gasteiger partial charge on any atom is 0.0596 e. The zero-order valence-corrected chi connectivity index (χ0v) is 38.1. The molecule has 2 unspecified atom stereocenters. The van der Waals surface area contributed by atoms with Crippen molar-refractivity contribution in [2.45, 2.75) is 90.5 Å². The minimum absolute atomic E-state index is 0.0391. The Morgan fingerprint density at radius 3 is 1.48 bits per heavy atom. The number of allylic oxidation sites excluding steroid dienone is 2. The summed E-state index contributed by atoms with van der Waals surface area (Å²) in [4.78, 5) is 5.21. The van der Waals surface area contributed by atoms with Crippen molar-refractivity contribution in [2.75, 3.05) is 9.80 Å². The molecule has 0 radical (unpaired) electrons. The lowest BCUT2D eigenvalue weighted by Gasteiger charge is -2.55. The molecule has 0 fully saturated rings. The van der Waals surface area contributed by atoms with Gasteiger partial charge in [0, 0.05) is 39.2 Å². The zero-order chi connectivity index (χ0) is 43.4. The molecular weight excluding hydrogens is 761 g/mol. The fourth-order valence-corrected chi connectivity index (χ4v) is 11.8. The maximum atomic E-state index is 2.66. The molecule has 0 N–H and O–H groups in total. The van der Waals surface area contributed by atoms with Crippen LogP contribution in [0, 0.1) is 5.92 Å². The van der Waals surface area contributed by atoms with Crippen LogP contribution >= 0.6 is 0 Å². The SMILES string of the molecule is CCc1ccccc1N1c2ccccc2C(C)(C)c2cc(-c3ccc(-c4ccc(-c5cc6c7c(c5)C(C)(C)C5C=CC=CC5N7c5ccccc5C6(C)C)cc4)cc3)cc(CC)c21. The lowest BCUT2D eigenvalue weighted by Crippen LogP contribution is -2.52. The lowest BCUT2D eigenvalue weighted by atomic mass is 9.61. The van der Waals surface area contributed by atoms with Gasteiger partial charge in [0.15, 0.2) is 0 Å². The molecule has 0 amide bonds. The molecule has 0 aromatic heterocycles. The van der Waals surface area contributed by atoms with E-state index in [9.17, 15) is 0 Å². The van der Waals surface area contributed by atoms with Crippen molar-refractivity contribution in [1.29, 1.82) is 0 Å². The summed E-state index contributed by atoms with van der Waals surface area (Å²) in [5.74, 6) is 0.369. The Morgan fingerprint density at radius 1 is 0.413 bits per heavy atom. The van der Waals surface area contributed by atoms with Gasteiger partial charge in [-0.15, -0.1) is 0 Å². The van der Waals surface area contributed by atoms with Crippen molar-refractivity contribution in [3.63, 3.8) is 0 Å². The molecule has 0 spiro atoms. The summed E-state index contributed by atoms with van der Waals surface area (Å²) in [5.41, 5.74) is 23.6. The molecule has 0 bridgehead atoms. The van der Waals surface area contributed by atoms with Crippen molar-refractivity contribution < 1.29 is 0 Å². The van der Waals surface area contributed by atoms with Gasteiger partial charge in [0.1, 0.15) is 0 Å². The highest BCUT2D eigenvalue weighted by atomic mass is 15.2. The van der Waals surface area contributed by atoms with Crippen LogP contribution in [0.4, 0.5) is 28.4 Å². The maximum absolute atomic E-state index is 2.66. The number of rotatable bonds is 6. The third-order valence-corrected chi connectivity index (χ3v) is 15.5. The number of nitrogens with zero attached hydrogens (tertiary/aromatic N) is 2. The van der Waals surface area contributed by atoms with Gasteiger partial charge in [-0.25, -0.2) is 0 Å². The van der Waals surface area contributed by atoms with Gasteiger partial charge in [-0.05, 0) is 128 Å². The Labute approximate surface area is 375 Å². The molecule has 1 aliphatic carbocycles. The van der Waals surface area contributed by atoms with Gasteiger partial charge < -0.3 is 9.80 Å². The number of hydrogen-bond acceptors (Lipinski definition) is 2. The van der Waals surface area contributed by atoms with Gasteiger partial charge in [0.25, 0.3) is 0 Å². The fraction of sp³-hybridized carbons (Fsp3) is 0.246. The highest BCUT2D eigenvalue weighted by Crippen LogP contribution is 2.60. The first-order chi connectivity index (χ1) is 30.4. The molecule has 4 aliphatic rings. The first kappa shape index (κ1) is 39.5. The van der Waals surface area contributed by atoms with Gasteiger partial charge in [-0.2, -0.15) is 0 Å². The molecule has 7 aromatic rings. The molecule has 0 saturated carbocycles. The summed E-state index contributed by atoms with van der Waals surface area (Å²) in [6, 6.07) is 55.8. The summed E-state index contributed by atoms with van der Waals surface area (Å²) in [5, 5.41) is 0. The fourth-order valence-electron chi connectivity index (χ4n) is 11.8. The van der Waals surface area contributed by atoms with E-state index in [0.717, 1.165) is 12.8 Å². The second-order valence-electron chi connectivity index (χ2n) is 19.9. The van der Waals surface area contributed by atoms with E-state index in [1.54, 1.807) is 0 Å². The van der Waals surface area contributed by atoms with Crippen LogP contribution in [0.15, 0.2) is 170 Å². The van der Waals surface area contributed by atoms with E-state index in [1.807, 2.05) is 0 Å². The number of benzene rings is 7. The average Bonchev–Trinajstić information content (AvgIpc) is 3.31. The monoisotopic (exact) mass is 818 g/mol. The molecule has 2 heteroatoms. The van der Waals surface area contributed by atoms with E-state index in [4.69, 9.17) is 0 Å². The third-order valence-electron chi connectivity index (χ3n) is 15.5. The molecule has 7 aromatic carbocycles. The number of anilines is 5. The van der Waals surface area contributed by atoms with E-state index in [1.165, 1.54) is 101 Å². The van der Waals surface area contributed by atoms with Crippen molar-refractivity contribution in [2.24, 2.45) is 5.92 Å². The highest BCUT2D eigenvalue weighted by Gasteiger charge is 2.50. The van der Waals surface area contributed by atoms with Crippen molar-refractivity contribution >= 4 is 28.4 Å². The molecular formula is C61H58N2. The van der Waals surface area contributed by atoms with Crippen LogP contribution in [0.1, 0.15) is 94.3 Å². The van der Waals surface area contributed by atoms with Crippen LogP contribution in [-0.4, -0.2) is 6.04 Å². The van der Waals surface area contributed by atoms with Crippen LogP contribution in [0.25, 0.3) is 33.4 Å². The van der Waals surface area contributed by atoms with Crippen LogP contribution in [0.3, 0.4) is 0 Å². The molecule has 2 atom stereocenters. The number of hydrogen-bond donors (Lipinski definition) is 0. The van der Waals surface area contributed by atoms with Crippen LogP contribution in [-0.2, 0) is 29.1 Å². The van der Waals surface area contributed by atoms with Crippen LogP contribution in [0.5, 0.6) is 0 Å². The molecule has 312 valence electrons. The minimum atomic E-state index is -0.164. The van der Waals surface area contributed by atoms with Gasteiger partial charge >= 0.3 is 0 Å². The van der Waals surface area contributed by atoms with E-state index in [0.29, 0.717) is 5.92 Å². The van der Waals surface area contributed by atoms with Gasteiger partial charge in [0.05, 0.1) is 17.4 Å². The molecule has 63 heavy (non-hydrogen) atoms. The van der Waals surface area contributed by atoms with E-state index in [-0.39, 0.29) is 22.3 Å². The molecule has 2 nitrogen and oxygen atoms in total. The predicted octanol–water partition coefficient (Wildman–Crippen LogP) is 16.1. The summed E-state index contributed by atoms with van der Waals surface area (Å²) in [6.45, 7) is 19.1.